The third-order valence-corrected chi connectivity index (χ3v) is 3.30. The first-order chi connectivity index (χ1) is 6.17. The quantitative estimate of drug-likeness (QED) is 0.669. The van der Waals surface area contributed by atoms with Crippen LogP contribution in [-0.4, -0.2) is 23.4 Å². The molecular weight excluding hydrogens is 188 g/mol. The Kier molecular flexibility index (Phi) is 3.48. The average Bonchev–Trinajstić information content (AvgIpc) is 2.56. The van der Waals surface area contributed by atoms with Gasteiger partial charge in [-0.2, -0.15) is 9.19 Å². The topological polar surface area (TPSA) is 52.0 Å². The van der Waals surface area contributed by atoms with E-state index in [1.54, 1.807) is 0 Å². The van der Waals surface area contributed by atoms with Gasteiger partial charge in [0.2, 0.25) is 0 Å². The Morgan fingerprint density at radius 3 is 2.77 bits per heavy atom. The first-order valence-electron chi connectivity index (χ1n) is 4.31. The van der Waals surface area contributed by atoms with Crippen LogP contribution in [0.3, 0.4) is 0 Å². The summed E-state index contributed by atoms with van der Waals surface area (Å²) in [6.45, 7) is 2.04. The predicted molar refractivity (Wildman–Crippen MR) is 49.8 cm³/mol. The van der Waals surface area contributed by atoms with Crippen LogP contribution in [0.15, 0.2) is 12.4 Å². The van der Waals surface area contributed by atoms with E-state index in [0.29, 0.717) is 6.42 Å². The van der Waals surface area contributed by atoms with E-state index in [1.165, 1.54) is 12.4 Å². The number of aromatic nitrogens is 2. The zero-order valence-corrected chi connectivity index (χ0v) is 8.42. The second-order valence-corrected chi connectivity index (χ2v) is 4.78. The maximum absolute atomic E-state index is 11.4. The lowest BCUT2D eigenvalue weighted by atomic mass is 10.3. The highest BCUT2D eigenvalue weighted by molar-refractivity contribution is 7.89. The standard InChI is InChI=1S/C8H13N2O2S/c1-2-3-4-8-13(11,12)10-7-5-6-9-10/h6-7H,2-4,8H2,1H3. The molecule has 0 N–H and O–H groups in total. The number of hydrogen-bond donors (Lipinski definition) is 0. The Balaban J connectivity index is 2.58. The van der Waals surface area contributed by atoms with Crippen LogP contribution < -0.4 is 0 Å². The van der Waals surface area contributed by atoms with Crippen LogP contribution in [0.25, 0.3) is 0 Å². The fourth-order valence-corrected chi connectivity index (χ4v) is 2.17. The summed E-state index contributed by atoms with van der Waals surface area (Å²) in [5.41, 5.74) is 0. The molecule has 0 aliphatic rings. The summed E-state index contributed by atoms with van der Waals surface area (Å²) < 4.78 is 23.9. The van der Waals surface area contributed by atoms with Crippen LogP contribution in [0.5, 0.6) is 0 Å². The molecule has 4 nitrogen and oxygen atoms in total. The van der Waals surface area contributed by atoms with Gasteiger partial charge in [-0.1, -0.05) is 19.8 Å². The van der Waals surface area contributed by atoms with Crippen molar-refractivity contribution in [3.63, 3.8) is 0 Å². The van der Waals surface area contributed by atoms with Crippen molar-refractivity contribution in [1.82, 2.24) is 9.19 Å². The molecule has 0 aromatic carbocycles. The van der Waals surface area contributed by atoms with Crippen molar-refractivity contribution in [2.45, 2.75) is 26.2 Å². The summed E-state index contributed by atoms with van der Waals surface area (Å²) in [6.07, 6.45) is 5.32. The number of nitrogens with zero attached hydrogens (tertiary/aromatic N) is 2. The van der Waals surface area contributed by atoms with E-state index in [-0.39, 0.29) is 5.75 Å². The van der Waals surface area contributed by atoms with E-state index in [4.69, 9.17) is 0 Å². The first kappa shape index (κ1) is 10.2. The van der Waals surface area contributed by atoms with Gasteiger partial charge in [0.05, 0.1) is 18.1 Å². The zero-order chi connectivity index (χ0) is 9.73. The van der Waals surface area contributed by atoms with Crippen molar-refractivity contribution in [3.05, 3.63) is 18.5 Å². The fourth-order valence-electron chi connectivity index (χ4n) is 1.00. The molecule has 73 valence electrons. The minimum atomic E-state index is -3.21. The summed E-state index contributed by atoms with van der Waals surface area (Å²) in [5, 5.41) is 3.64. The van der Waals surface area contributed by atoms with Crippen molar-refractivity contribution in [2.75, 3.05) is 5.75 Å². The smallest absolute Gasteiger partial charge is 0.205 e. The summed E-state index contributed by atoms with van der Waals surface area (Å²) in [4.78, 5) is 0. The van der Waals surface area contributed by atoms with Crippen molar-refractivity contribution in [1.29, 1.82) is 0 Å². The minimum absolute atomic E-state index is 0.163. The predicted octanol–water partition coefficient (Wildman–Crippen LogP) is 1.05. The molecule has 0 fully saturated rings. The molecule has 1 radical (unpaired) electrons. The van der Waals surface area contributed by atoms with E-state index in [2.05, 4.69) is 11.2 Å². The molecular formula is C8H13N2O2S. The van der Waals surface area contributed by atoms with Crippen LogP contribution in [0, 0.1) is 6.07 Å². The molecule has 0 saturated heterocycles. The van der Waals surface area contributed by atoms with E-state index < -0.39 is 10.0 Å². The Morgan fingerprint density at radius 1 is 1.46 bits per heavy atom. The molecule has 1 aromatic rings. The van der Waals surface area contributed by atoms with E-state index >= 15 is 0 Å². The normalized spacial score (nSPS) is 11.8. The molecule has 0 atom stereocenters. The molecule has 0 unspecified atom stereocenters. The summed E-state index contributed by atoms with van der Waals surface area (Å²) in [7, 11) is -3.21. The highest BCUT2D eigenvalue weighted by Crippen LogP contribution is 2.01. The molecule has 1 aromatic heterocycles. The van der Waals surface area contributed by atoms with Crippen LogP contribution >= 0.6 is 0 Å². The zero-order valence-electron chi connectivity index (χ0n) is 7.60. The highest BCUT2D eigenvalue weighted by atomic mass is 32.2. The van der Waals surface area contributed by atoms with Gasteiger partial charge in [0.25, 0.3) is 10.0 Å². The van der Waals surface area contributed by atoms with E-state index in [0.717, 1.165) is 16.9 Å². The second-order valence-electron chi connectivity index (χ2n) is 2.84. The lowest BCUT2D eigenvalue weighted by Crippen LogP contribution is -2.16. The van der Waals surface area contributed by atoms with Crippen molar-refractivity contribution in [3.8, 4) is 0 Å². The fraction of sp³-hybridized carbons (Fsp3) is 0.625. The van der Waals surface area contributed by atoms with Crippen molar-refractivity contribution in [2.24, 2.45) is 0 Å². The number of hydrogen-bond acceptors (Lipinski definition) is 3. The number of rotatable bonds is 5. The van der Waals surface area contributed by atoms with Gasteiger partial charge in [-0.25, -0.2) is 8.42 Å². The van der Waals surface area contributed by atoms with Crippen molar-refractivity contribution >= 4 is 10.0 Å². The molecule has 0 aliphatic carbocycles. The van der Waals surface area contributed by atoms with Gasteiger partial charge < -0.3 is 0 Å². The van der Waals surface area contributed by atoms with Crippen LogP contribution in [0.1, 0.15) is 26.2 Å². The lowest BCUT2D eigenvalue weighted by molar-refractivity contribution is 0.575. The van der Waals surface area contributed by atoms with Gasteiger partial charge in [-0.05, 0) is 6.42 Å². The van der Waals surface area contributed by atoms with E-state index in [9.17, 15) is 8.42 Å². The summed E-state index contributed by atoms with van der Waals surface area (Å²) in [6, 6.07) is 2.60. The van der Waals surface area contributed by atoms with Crippen LogP contribution in [0.4, 0.5) is 0 Å². The largest absolute Gasteiger partial charge is 0.253 e. The molecule has 0 saturated carbocycles. The Labute approximate surface area is 78.6 Å². The monoisotopic (exact) mass is 201 g/mol. The molecule has 0 amide bonds. The first-order valence-corrected chi connectivity index (χ1v) is 5.91. The van der Waals surface area contributed by atoms with Gasteiger partial charge in [0.15, 0.2) is 0 Å². The van der Waals surface area contributed by atoms with Gasteiger partial charge in [-0.15, -0.1) is 0 Å². The molecule has 0 bridgehead atoms. The average molecular weight is 201 g/mol. The van der Waals surface area contributed by atoms with Gasteiger partial charge in [0.1, 0.15) is 0 Å². The second kappa shape index (κ2) is 4.41. The van der Waals surface area contributed by atoms with Crippen LogP contribution in [0.2, 0.25) is 0 Å². The van der Waals surface area contributed by atoms with Gasteiger partial charge >= 0.3 is 0 Å². The maximum Gasteiger partial charge on any atom is 0.253 e. The van der Waals surface area contributed by atoms with Gasteiger partial charge in [-0.3, -0.25) is 0 Å². The third kappa shape index (κ3) is 2.84. The molecule has 1 heterocycles. The molecule has 5 heteroatoms. The molecule has 1 rings (SSSR count). The van der Waals surface area contributed by atoms with Gasteiger partial charge in [0, 0.05) is 6.07 Å². The summed E-state index contributed by atoms with van der Waals surface area (Å²) in [5.74, 6) is 0.163. The summed E-state index contributed by atoms with van der Waals surface area (Å²) >= 11 is 0. The molecule has 0 spiro atoms. The van der Waals surface area contributed by atoms with E-state index in [1.807, 2.05) is 6.92 Å². The molecule has 13 heavy (non-hydrogen) atoms. The highest BCUT2D eigenvalue weighted by Gasteiger charge is 2.11. The SMILES string of the molecule is CCCCCS(=O)(=O)n1c[c]cn1. The lowest BCUT2D eigenvalue weighted by Gasteiger charge is -2.02. The van der Waals surface area contributed by atoms with Crippen molar-refractivity contribution < 1.29 is 8.42 Å². The Bertz CT molecular complexity index is 329. The van der Waals surface area contributed by atoms with Crippen LogP contribution in [-0.2, 0) is 10.0 Å². The Hall–Kier alpha value is -0.840. The number of unbranched alkanes of at least 4 members (excludes halogenated alkanes) is 2. The maximum atomic E-state index is 11.4. The minimum Gasteiger partial charge on any atom is -0.205 e. The molecule has 0 aliphatic heterocycles. The third-order valence-electron chi connectivity index (χ3n) is 1.72. The Morgan fingerprint density at radius 2 is 2.23 bits per heavy atom.